The van der Waals surface area contributed by atoms with Crippen molar-refractivity contribution in [3.05, 3.63) is 71.5 Å². The predicted molar refractivity (Wildman–Crippen MR) is 126 cm³/mol. The highest BCUT2D eigenvalue weighted by Crippen LogP contribution is 2.24. The van der Waals surface area contributed by atoms with Crippen LogP contribution in [0.3, 0.4) is 0 Å². The van der Waals surface area contributed by atoms with Crippen LogP contribution < -0.4 is 15.4 Å². The Morgan fingerprint density at radius 3 is 2.87 bits per heavy atom. The Balaban J connectivity index is 1.63. The number of hydrogen-bond acceptors (Lipinski definition) is 6. The molecular formula is C22H24ClN5O2S. The average molecular weight is 458 g/mol. The molecule has 0 saturated heterocycles. The fourth-order valence-electron chi connectivity index (χ4n) is 2.87. The summed E-state index contributed by atoms with van der Waals surface area (Å²) in [6.45, 7) is 6.79. The molecular weight excluding hydrogens is 434 g/mol. The molecule has 0 unspecified atom stereocenters. The van der Waals surface area contributed by atoms with Crippen molar-refractivity contribution in [2.45, 2.75) is 25.2 Å². The predicted octanol–water partition coefficient (Wildman–Crippen LogP) is 4.78. The molecule has 3 aromatic rings. The van der Waals surface area contributed by atoms with E-state index >= 15 is 0 Å². The first kappa shape index (κ1) is 22.7. The summed E-state index contributed by atoms with van der Waals surface area (Å²) in [7, 11) is 1.59. The van der Waals surface area contributed by atoms with Gasteiger partial charge >= 0.3 is 0 Å². The van der Waals surface area contributed by atoms with Gasteiger partial charge in [0.1, 0.15) is 5.75 Å². The first-order chi connectivity index (χ1) is 15.0. The van der Waals surface area contributed by atoms with E-state index in [2.05, 4.69) is 27.4 Å². The second kappa shape index (κ2) is 10.9. The molecule has 2 N–H and O–H groups in total. The number of benzene rings is 2. The average Bonchev–Trinajstić information content (AvgIpc) is 3.15. The van der Waals surface area contributed by atoms with Gasteiger partial charge in [-0.05, 0) is 36.8 Å². The molecule has 0 atom stereocenters. The number of ether oxygens (including phenoxy) is 1. The van der Waals surface area contributed by atoms with Crippen molar-refractivity contribution < 1.29 is 9.53 Å². The zero-order valence-electron chi connectivity index (χ0n) is 17.4. The van der Waals surface area contributed by atoms with Crippen LogP contribution in [0.4, 0.5) is 11.4 Å². The number of thioether (sulfide) groups is 1. The van der Waals surface area contributed by atoms with Gasteiger partial charge < -0.3 is 19.9 Å². The Labute approximate surface area is 190 Å². The number of hydrogen-bond donors (Lipinski definition) is 2. The summed E-state index contributed by atoms with van der Waals surface area (Å²) in [4.78, 5) is 12.4. The number of amides is 1. The second-order valence-corrected chi connectivity index (χ2v) is 7.98. The van der Waals surface area contributed by atoms with Gasteiger partial charge in [-0.15, -0.1) is 16.8 Å². The van der Waals surface area contributed by atoms with Crippen molar-refractivity contribution in [2.75, 3.05) is 23.5 Å². The molecule has 31 heavy (non-hydrogen) atoms. The lowest BCUT2D eigenvalue weighted by atomic mass is 10.2. The minimum absolute atomic E-state index is 0.138. The third-order valence-electron chi connectivity index (χ3n) is 4.50. The van der Waals surface area contributed by atoms with Crippen molar-refractivity contribution in [1.82, 2.24) is 14.8 Å². The largest absolute Gasteiger partial charge is 0.497 e. The van der Waals surface area contributed by atoms with Gasteiger partial charge in [0.05, 0.1) is 19.4 Å². The van der Waals surface area contributed by atoms with Gasteiger partial charge in [-0.1, -0.05) is 41.6 Å². The summed E-state index contributed by atoms with van der Waals surface area (Å²) in [5.41, 5.74) is 2.59. The quantitative estimate of drug-likeness (QED) is 0.337. The Morgan fingerprint density at radius 2 is 2.10 bits per heavy atom. The van der Waals surface area contributed by atoms with Gasteiger partial charge in [0.2, 0.25) is 5.91 Å². The summed E-state index contributed by atoms with van der Waals surface area (Å²) in [6.07, 6.45) is 1.78. The highest BCUT2D eigenvalue weighted by Gasteiger charge is 2.14. The molecule has 2 aromatic carbocycles. The molecule has 9 heteroatoms. The van der Waals surface area contributed by atoms with E-state index in [0.29, 0.717) is 34.7 Å². The monoisotopic (exact) mass is 457 g/mol. The van der Waals surface area contributed by atoms with Gasteiger partial charge in [-0.2, -0.15) is 0 Å². The van der Waals surface area contributed by atoms with Gasteiger partial charge in [0.25, 0.3) is 0 Å². The summed E-state index contributed by atoms with van der Waals surface area (Å²) < 4.78 is 7.11. The van der Waals surface area contributed by atoms with Crippen LogP contribution in [0.25, 0.3) is 0 Å². The Bertz CT molecular complexity index is 1070. The Kier molecular flexibility index (Phi) is 7.97. The minimum Gasteiger partial charge on any atom is -0.497 e. The van der Waals surface area contributed by atoms with Crippen molar-refractivity contribution >= 4 is 40.6 Å². The molecule has 0 fully saturated rings. The highest BCUT2D eigenvalue weighted by atomic mass is 35.5. The number of aromatic nitrogens is 3. The van der Waals surface area contributed by atoms with E-state index in [9.17, 15) is 4.79 Å². The molecule has 7 nitrogen and oxygen atoms in total. The maximum atomic E-state index is 12.4. The van der Waals surface area contributed by atoms with E-state index < -0.39 is 0 Å². The van der Waals surface area contributed by atoms with Crippen LogP contribution in [-0.4, -0.2) is 33.5 Å². The lowest BCUT2D eigenvalue weighted by Crippen LogP contribution is -2.15. The number of carbonyl (C=O) groups is 1. The summed E-state index contributed by atoms with van der Waals surface area (Å²) in [6, 6.07) is 12.9. The third-order valence-corrected chi connectivity index (χ3v) is 5.87. The molecule has 0 aliphatic rings. The molecule has 1 amide bonds. The fourth-order valence-corrected chi connectivity index (χ4v) is 3.81. The van der Waals surface area contributed by atoms with Crippen molar-refractivity contribution in [3.63, 3.8) is 0 Å². The number of anilines is 2. The molecule has 162 valence electrons. The van der Waals surface area contributed by atoms with Crippen LogP contribution >= 0.6 is 23.4 Å². The smallest absolute Gasteiger partial charge is 0.234 e. The number of allylic oxidation sites excluding steroid dienone is 1. The molecule has 0 spiro atoms. The van der Waals surface area contributed by atoms with Gasteiger partial charge in [-0.3, -0.25) is 4.79 Å². The lowest BCUT2D eigenvalue weighted by Gasteiger charge is -2.12. The second-order valence-electron chi connectivity index (χ2n) is 6.63. The number of carbonyl (C=O) groups excluding carboxylic acids is 1. The molecule has 0 aliphatic carbocycles. The van der Waals surface area contributed by atoms with Crippen molar-refractivity contribution in [2.24, 2.45) is 0 Å². The standard InChI is InChI=1S/C22H24ClN5O2S/c1-4-11-28-20(13-24-19-10-6-9-18(23)15(19)2)26-27-22(28)31-14-21(29)25-16-7-5-8-17(12-16)30-3/h4-10,12,24H,1,11,13-14H2,2-3H3,(H,25,29). The Morgan fingerprint density at radius 1 is 1.29 bits per heavy atom. The number of methoxy groups -OCH3 is 1. The molecule has 1 aromatic heterocycles. The van der Waals surface area contributed by atoms with Crippen LogP contribution in [0.1, 0.15) is 11.4 Å². The minimum atomic E-state index is -0.138. The van der Waals surface area contributed by atoms with Crippen LogP contribution in [-0.2, 0) is 17.9 Å². The summed E-state index contributed by atoms with van der Waals surface area (Å²) >= 11 is 7.51. The molecule has 0 aliphatic heterocycles. The van der Waals surface area contributed by atoms with E-state index in [0.717, 1.165) is 17.1 Å². The molecule has 0 bridgehead atoms. The van der Waals surface area contributed by atoms with Crippen LogP contribution in [0.5, 0.6) is 5.75 Å². The number of nitrogens with one attached hydrogen (secondary N) is 2. The van der Waals surface area contributed by atoms with E-state index in [-0.39, 0.29) is 11.7 Å². The van der Waals surface area contributed by atoms with Crippen LogP contribution in [0.2, 0.25) is 5.02 Å². The maximum Gasteiger partial charge on any atom is 0.234 e. The van der Waals surface area contributed by atoms with Gasteiger partial charge in [0.15, 0.2) is 11.0 Å². The van der Waals surface area contributed by atoms with Gasteiger partial charge in [-0.25, -0.2) is 0 Å². The van der Waals surface area contributed by atoms with E-state index in [1.54, 1.807) is 19.3 Å². The SMILES string of the molecule is C=CCn1c(CNc2cccc(Cl)c2C)nnc1SCC(=O)Nc1cccc(OC)c1. The molecule has 1 heterocycles. The first-order valence-corrected chi connectivity index (χ1v) is 11.0. The number of rotatable bonds is 10. The van der Waals surface area contributed by atoms with E-state index in [4.69, 9.17) is 16.3 Å². The topological polar surface area (TPSA) is 81.1 Å². The number of halogens is 1. The summed E-state index contributed by atoms with van der Waals surface area (Å²) in [5.74, 6) is 1.49. The van der Waals surface area contributed by atoms with Crippen LogP contribution in [0.15, 0.2) is 60.3 Å². The zero-order valence-corrected chi connectivity index (χ0v) is 19.0. The number of nitrogens with zero attached hydrogens (tertiary/aromatic N) is 3. The Hall–Kier alpha value is -2.97. The fraction of sp³-hybridized carbons (Fsp3) is 0.227. The molecule has 0 saturated carbocycles. The zero-order chi connectivity index (χ0) is 22.2. The lowest BCUT2D eigenvalue weighted by molar-refractivity contribution is -0.113. The third kappa shape index (κ3) is 6.02. The highest BCUT2D eigenvalue weighted by molar-refractivity contribution is 7.99. The normalized spacial score (nSPS) is 10.5. The van der Waals surface area contributed by atoms with Gasteiger partial charge in [0, 0.05) is 29.0 Å². The van der Waals surface area contributed by atoms with Crippen molar-refractivity contribution in [3.8, 4) is 5.75 Å². The maximum absolute atomic E-state index is 12.4. The van der Waals surface area contributed by atoms with E-state index in [1.807, 2.05) is 47.9 Å². The first-order valence-electron chi connectivity index (χ1n) is 9.60. The molecule has 3 rings (SSSR count). The summed E-state index contributed by atoms with van der Waals surface area (Å²) in [5, 5.41) is 16.1. The van der Waals surface area contributed by atoms with E-state index in [1.165, 1.54) is 11.8 Å². The van der Waals surface area contributed by atoms with Crippen LogP contribution in [0, 0.1) is 6.92 Å². The van der Waals surface area contributed by atoms with Crippen molar-refractivity contribution in [1.29, 1.82) is 0 Å². The molecule has 0 radical (unpaired) electrons.